The molecule has 1 aromatic carbocycles. The number of carbonyl (C=O) groups is 2. The molecular weight excluding hydrogens is 514 g/mol. The third-order valence-corrected chi connectivity index (χ3v) is 6.55. The number of amides is 2. The molecule has 1 aliphatic rings. The number of rotatable bonds is 6. The smallest absolute Gasteiger partial charge is 0.272 e. The van der Waals surface area contributed by atoms with E-state index in [0.29, 0.717) is 65.9 Å². The van der Waals surface area contributed by atoms with E-state index in [9.17, 15) is 9.59 Å². The molecule has 1 atom stereocenters. The Balaban J connectivity index is 1.18. The highest BCUT2D eigenvalue weighted by atomic mass is 16.3. The first kappa shape index (κ1) is 25.2. The van der Waals surface area contributed by atoms with Gasteiger partial charge in [-0.3, -0.25) is 19.5 Å². The van der Waals surface area contributed by atoms with E-state index in [2.05, 4.69) is 45.6 Å². The first-order chi connectivity index (χ1) is 19.4. The van der Waals surface area contributed by atoms with Gasteiger partial charge in [0.05, 0.1) is 12.7 Å². The van der Waals surface area contributed by atoms with Crippen LogP contribution in [0.4, 0.5) is 5.69 Å². The molecule has 1 saturated heterocycles. The number of oxazole rings is 1. The summed E-state index contributed by atoms with van der Waals surface area (Å²) < 4.78 is 5.91. The summed E-state index contributed by atoms with van der Waals surface area (Å²) in [6.07, 6.45) is 4.75. The maximum absolute atomic E-state index is 13.4. The van der Waals surface area contributed by atoms with E-state index in [1.165, 1.54) is 18.0 Å². The van der Waals surface area contributed by atoms with Gasteiger partial charge in [-0.1, -0.05) is 0 Å². The molecule has 0 bridgehead atoms. The molecule has 6 rings (SSSR count). The molecule has 1 fully saturated rings. The summed E-state index contributed by atoms with van der Waals surface area (Å²) in [6, 6.07) is 10.2. The molecule has 0 saturated carbocycles. The van der Waals surface area contributed by atoms with Crippen LogP contribution in [0, 0.1) is 0 Å². The summed E-state index contributed by atoms with van der Waals surface area (Å²) in [7, 11) is 1.72. The highest BCUT2D eigenvalue weighted by Crippen LogP contribution is 2.28. The zero-order valence-corrected chi connectivity index (χ0v) is 21.8. The van der Waals surface area contributed by atoms with Crippen LogP contribution >= 0.6 is 0 Å². The number of hydrogen-bond donors (Lipinski definition) is 1. The average molecular weight is 540 g/mol. The van der Waals surface area contributed by atoms with Gasteiger partial charge in [0.25, 0.3) is 5.91 Å². The van der Waals surface area contributed by atoms with Crippen LogP contribution in [0.2, 0.25) is 0 Å². The summed E-state index contributed by atoms with van der Waals surface area (Å²) in [5.41, 5.74) is 3.49. The molecule has 1 unspecified atom stereocenters. The van der Waals surface area contributed by atoms with Crippen LogP contribution in [0.25, 0.3) is 22.6 Å². The number of aromatic nitrogens is 8. The number of fused-ring (bicyclic) bond motifs is 1. The highest BCUT2D eigenvalue weighted by molar-refractivity contribution is 5.94. The van der Waals surface area contributed by atoms with E-state index in [0.717, 1.165) is 5.69 Å². The Morgan fingerprint density at radius 3 is 2.60 bits per heavy atom. The molecule has 2 amide bonds. The predicted octanol–water partition coefficient (Wildman–Crippen LogP) is 1.71. The van der Waals surface area contributed by atoms with Crippen LogP contribution in [0.5, 0.6) is 0 Å². The summed E-state index contributed by atoms with van der Waals surface area (Å²) in [6.45, 7) is 3.59. The van der Waals surface area contributed by atoms with Crippen LogP contribution < -0.4 is 5.32 Å². The van der Waals surface area contributed by atoms with Gasteiger partial charge in [0, 0.05) is 56.7 Å². The Bertz CT molecular complexity index is 1680. The number of anilines is 1. The molecule has 40 heavy (non-hydrogen) atoms. The molecule has 5 heterocycles. The zero-order chi connectivity index (χ0) is 27.6. The molecular formula is C26H25N11O3. The number of nitrogens with one attached hydrogen (secondary N) is 1. The van der Waals surface area contributed by atoms with Gasteiger partial charge < -0.3 is 14.6 Å². The molecule has 0 spiro atoms. The van der Waals surface area contributed by atoms with E-state index in [1.807, 2.05) is 6.07 Å². The Hall–Kier alpha value is -5.11. The van der Waals surface area contributed by atoms with Crippen LogP contribution in [-0.4, -0.2) is 87.9 Å². The summed E-state index contributed by atoms with van der Waals surface area (Å²) in [5, 5.41) is 15.3. The lowest BCUT2D eigenvalue weighted by atomic mass is 10.1. The fourth-order valence-electron chi connectivity index (χ4n) is 4.71. The van der Waals surface area contributed by atoms with Crippen LogP contribution in [0.15, 0.2) is 59.5 Å². The van der Waals surface area contributed by atoms with E-state index < -0.39 is 0 Å². The van der Waals surface area contributed by atoms with E-state index in [1.54, 1.807) is 54.7 Å². The zero-order valence-electron chi connectivity index (χ0n) is 21.8. The second-order valence-corrected chi connectivity index (χ2v) is 9.31. The van der Waals surface area contributed by atoms with Gasteiger partial charge in [0.1, 0.15) is 23.6 Å². The van der Waals surface area contributed by atoms with Crippen LogP contribution in [0.3, 0.4) is 0 Å². The van der Waals surface area contributed by atoms with Gasteiger partial charge in [0.15, 0.2) is 11.4 Å². The second-order valence-electron chi connectivity index (χ2n) is 9.31. The number of benzene rings is 1. The Kier molecular flexibility index (Phi) is 6.66. The van der Waals surface area contributed by atoms with E-state index in [4.69, 9.17) is 4.42 Å². The summed E-state index contributed by atoms with van der Waals surface area (Å²) in [4.78, 5) is 47.5. The minimum atomic E-state index is -0.305. The van der Waals surface area contributed by atoms with Gasteiger partial charge in [-0.2, -0.15) is 4.80 Å². The van der Waals surface area contributed by atoms with Crippen molar-refractivity contribution in [3.05, 3.63) is 72.3 Å². The fraction of sp³-hybridized carbons (Fsp3) is 0.269. The van der Waals surface area contributed by atoms with E-state index >= 15 is 0 Å². The van der Waals surface area contributed by atoms with Gasteiger partial charge in [0.2, 0.25) is 11.8 Å². The Morgan fingerprint density at radius 2 is 1.88 bits per heavy atom. The minimum Gasteiger partial charge on any atom is -0.436 e. The predicted molar refractivity (Wildman–Crippen MR) is 142 cm³/mol. The van der Waals surface area contributed by atoms with Crippen molar-refractivity contribution in [1.29, 1.82) is 0 Å². The largest absolute Gasteiger partial charge is 0.436 e. The number of hydrogen-bond acceptors (Lipinski definition) is 11. The molecule has 202 valence electrons. The Morgan fingerprint density at radius 1 is 1.02 bits per heavy atom. The summed E-state index contributed by atoms with van der Waals surface area (Å²) >= 11 is 0. The molecule has 0 radical (unpaired) electrons. The first-order valence-corrected chi connectivity index (χ1v) is 12.6. The number of aryl methyl sites for hydroxylation is 1. The van der Waals surface area contributed by atoms with Crippen molar-refractivity contribution in [3.8, 4) is 11.5 Å². The van der Waals surface area contributed by atoms with Crippen molar-refractivity contribution in [2.75, 3.05) is 31.5 Å². The maximum atomic E-state index is 13.4. The van der Waals surface area contributed by atoms with E-state index in [-0.39, 0.29) is 17.9 Å². The van der Waals surface area contributed by atoms with Crippen molar-refractivity contribution >= 4 is 28.6 Å². The number of pyridine rings is 1. The van der Waals surface area contributed by atoms with Crippen molar-refractivity contribution in [2.45, 2.75) is 13.0 Å². The number of piperazine rings is 1. The third-order valence-electron chi connectivity index (χ3n) is 6.55. The number of carbonyl (C=O) groups excluding carboxylic acids is 2. The van der Waals surface area contributed by atoms with Crippen LogP contribution in [-0.2, 0) is 11.8 Å². The van der Waals surface area contributed by atoms with Crippen molar-refractivity contribution in [3.63, 3.8) is 0 Å². The molecule has 14 heteroatoms. The maximum Gasteiger partial charge on any atom is 0.272 e. The topological polar surface area (TPSA) is 161 Å². The number of nitrogens with zero attached hydrogens (tertiary/aromatic N) is 10. The van der Waals surface area contributed by atoms with Crippen molar-refractivity contribution in [1.82, 2.24) is 49.9 Å². The first-order valence-electron chi connectivity index (χ1n) is 12.6. The van der Waals surface area contributed by atoms with Gasteiger partial charge >= 0.3 is 0 Å². The van der Waals surface area contributed by atoms with Gasteiger partial charge in [-0.15, -0.1) is 10.2 Å². The SMILES string of the molecule is CC(=O)Nc1ccc2oc(-c3ccnc(C(=O)N4CCN(C(c5ccncn5)c5nnn(C)n5)CC4)c3)nc2c1. The van der Waals surface area contributed by atoms with Gasteiger partial charge in [-0.05, 0) is 41.6 Å². The summed E-state index contributed by atoms with van der Waals surface area (Å²) in [5.74, 6) is 0.552. The van der Waals surface area contributed by atoms with Crippen molar-refractivity contribution in [2.24, 2.45) is 7.05 Å². The molecule has 14 nitrogen and oxygen atoms in total. The quantitative estimate of drug-likeness (QED) is 0.334. The molecule has 1 aliphatic heterocycles. The molecule has 4 aromatic heterocycles. The fourth-order valence-corrected chi connectivity index (χ4v) is 4.71. The molecule has 1 N–H and O–H groups in total. The Labute approximate surface area is 228 Å². The second kappa shape index (κ2) is 10.6. The van der Waals surface area contributed by atoms with Crippen LogP contribution in [0.1, 0.15) is 35.0 Å². The standard InChI is InChI=1S/C26H25N11O3/c1-16(38)30-18-3-4-22-20(14-18)31-25(40-22)17-5-8-28-21(13-17)26(39)37-11-9-36(10-12-37)23(19-6-7-27-15-29-19)24-32-34-35(2)33-24/h3-8,13-15,23H,9-12H2,1-2H3,(H,30,38). The normalized spacial score (nSPS) is 14.8. The highest BCUT2D eigenvalue weighted by Gasteiger charge is 2.32. The lowest BCUT2D eigenvalue weighted by molar-refractivity contribution is -0.114. The lowest BCUT2D eigenvalue weighted by Crippen LogP contribution is -2.50. The number of tetrazole rings is 1. The lowest BCUT2D eigenvalue weighted by Gasteiger charge is -2.37. The average Bonchev–Trinajstić information content (AvgIpc) is 3.59. The molecule has 5 aromatic rings. The molecule has 0 aliphatic carbocycles. The van der Waals surface area contributed by atoms with Crippen molar-refractivity contribution < 1.29 is 14.0 Å². The minimum absolute atomic E-state index is 0.170. The monoisotopic (exact) mass is 539 g/mol. The van der Waals surface area contributed by atoms with Gasteiger partial charge in [-0.25, -0.2) is 15.0 Å². The third kappa shape index (κ3) is 5.11.